The van der Waals surface area contributed by atoms with Gasteiger partial charge in [0.2, 0.25) is 10.0 Å². The summed E-state index contributed by atoms with van der Waals surface area (Å²) in [6, 6.07) is 8.98. The molecule has 1 unspecified atom stereocenters. The van der Waals surface area contributed by atoms with Crippen LogP contribution in [0.4, 0.5) is 4.79 Å². The van der Waals surface area contributed by atoms with E-state index in [1.807, 2.05) is 0 Å². The highest BCUT2D eigenvalue weighted by Gasteiger charge is 2.50. The molecule has 28 heavy (non-hydrogen) atoms. The number of aromatic nitrogens is 1. The number of hydrogen-bond donors (Lipinski definition) is 3. The van der Waals surface area contributed by atoms with Crippen molar-refractivity contribution in [3.63, 3.8) is 0 Å². The number of amides is 4. The Bertz CT molecular complexity index is 1060. The molecule has 10 nitrogen and oxygen atoms in total. The Hall–Kier alpha value is -3.18. The van der Waals surface area contributed by atoms with Gasteiger partial charge in [-0.05, 0) is 25.6 Å². The van der Waals surface area contributed by atoms with Crippen LogP contribution in [0.1, 0.15) is 23.0 Å². The van der Waals surface area contributed by atoms with Gasteiger partial charge in [-0.1, -0.05) is 30.3 Å². The second-order valence-electron chi connectivity index (χ2n) is 6.38. The molecule has 3 rings (SSSR count). The van der Waals surface area contributed by atoms with Gasteiger partial charge in [0.1, 0.15) is 16.1 Å². The van der Waals surface area contributed by atoms with Crippen molar-refractivity contribution < 1.29 is 22.8 Å². The van der Waals surface area contributed by atoms with Crippen molar-refractivity contribution in [2.45, 2.75) is 17.4 Å². The van der Waals surface area contributed by atoms with Crippen LogP contribution < -0.4 is 15.5 Å². The predicted octanol–water partition coefficient (Wildman–Crippen LogP) is 0.0452. The lowest BCUT2D eigenvalue weighted by molar-refractivity contribution is -0.132. The summed E-state index contributed by atoms with van der Waals surface area (Å²) in [6.07, 6.45) is 1.25. The summed E-state index contributed by atoms with van der Waals surface area (Å²) in [6.45, 7) is 1.54. The lowest BCUT2D eigenvalue weighted by Gasteiger charge is -2.22. The van der Waals surface area contributed by atoms with E-state index in [2.05, 4.69) is 15.5 Å². The number of nitrogens with zero attached hydrogens (tertiary/aromatic N) is 2. The van der Waals surface area contributed by atoms with E-state index in [4.69, 9.17) is 0 Å². The van der Waals surface area contributed by atoms with Crippen LogP contribution in [0.15, 0.2) is 47.5 Å². The Morgan fingerprint density at radius 1 is 1.18 bits per heavy atom. The minimum Gasteiger partial charge on any atom is -0.345 e. The number of aryl methyl sites for hydroxylation is 1. The third-order valence-corrected chi connectivity index (χ3v) is 5.93. The number of hydrogen-bond acceptors (Lipinski definition) is 5. The Morgan fingerprint density at radius 3 is 2.43 bits per heavy atom. The first-order chi connectivity index (χ1) is 13.1. The van der Waals surface area contributed by atoms with E-state index in [1.54, 1.807) is 30.3 Å². The number of carbonyl (C=O) groups is 3. The van der Waals surface area contributed by atoms with Crippen LogP contribution in [0.2, 0.25) is 0 Å². The average molecular weight is 405 g/mol. The summed E-state index contributed by atoms with van der Waals surface area (Å²) in [7, 11) is -1.02. The monoisotopic (exact) mass is 405 g/mol. The highest BCUT2D eigenvalue weighted by molar-refractivity contribution is 7.89. The molecule has 4 amide bonds. The maximum Gasteiger partial charge on any atom is 0.344 e. The standard InChI is InChI=1S/C17H19N5O5S/c1-17(11-7-5-4-6-8-11)15(24)22(16(25)19-17)20-14(23)13-9-12(10-21(13)3)28(26,27)18-2/h4-10,18H,1-3H3,(H,19,25)(H,20,23). The second-order valence-corrected chi connectivity index (χ2v) is 8.27. The highest BCUT2D eigenvalue weighted by atomic mass is 32.2. The molecule has 0 radical (unpaired) electrons. The summed E-state index contributed by atoms with van der Waals surface area (Å²) in [4.78, 5) is 37.6. The smallest absolute Gasteiger partial charge is 0.344 e. The summed E-state index contributed by atoms with van der Waals surface area (Å²) in [5.74, 6) is -1.46. The van der Waals surface area contributed by atoms with Gasteiger partial charge in [-0.15, -0.1) is 0 Å². The molecule has 1 fully saturated rings. The summed E-state index contributed by atoms with van der Waals surface area (Å²) >= 11 is 0. The molecule has 1 aliphatic heterocycles. The molecular formula is C17H19N5O5S. The lowest BCUT2D eigenvalue weighted by Crippen LogP contribution is -2.48. The number of nitrogens with one attached hydrogen (secondary N) is 3. The summed E-state index contributed by atoms with van der Waals surface area (Å²) < 4.78 is 27.2. The number of imide groups is 1. The quantitative estimate of drug-likeness (QED) is 0.605. The Labute approximate surface area is 161 Å². The molecule has 0 bridgehead atoms. The van der Waals surface area contributed by atoms with Gasteiger partial charge in [0.05, 0.1) is 0 Å². The van der Waals surface area contributed by atoms with Crippen molar-refractivity contribution in [2.75, 3.05) is 7.05 Å². The zero-order valence-corrected chi connectivity index (χ0v) is 16.2. The number of benzene rings is 1. The molecule has 1 aromatic carbocycles. The maximum absolute atomic E-state index is 12.8. The lowest BCUT2D eigenvalue weighted by atomic mass is 9.92. The van der Waals surface area contributed by atoms with E-state index in [9.17, 15) is 22.8 Å². The van der Waals surface area contributed by atoms with Crippen molar-refractivity contribution in [3.8, 4) is 0 Å². The van der Waals surface area contributed by atoms with Gasteiger partial charge in [-0.3, -0.25) is 15.0 Å². The second kappa shape index (κ2) is 6.77. The molecule has 0 spiro atoms. The van der Waals surface area contributed by atoms with E-state index in [0.717, 1.165) is 6.07 Å². The van der Waals surface area contributed by atoms with Crippen molar-refractivity contribution in [1.82, 2.24) is 25.0 Å². The van der Waals surface area contributed by atoms with Crippen molar-refractivity contribution in [3.05, 3.63) is 53.9 Å². The fourth-order valence-electron chi connectivity index (χ4n) is 2.89. The van der Waals surface area contributed by atoms with Crippen LogP contribution >= 0.6 is 0 Å². The zero-order valence-electron chi connectivity index (χ0n) is 15.4. The van der Waals surface area contributed by atoms with Crippen molar-refractivity contribution >= 4 is 27.9 Å². The molecule has 3 N–H and O–H groups in total. The van der Waals surface area contributed by atoms with Crippen LogP contribution in [0.25, 0.3) is 0 Å². The molecule has 0 aliphatic carbocycles. The van der Waals surface area contributed by atoms with Gasteiger partial charge >= 0.3 is 6.03 Å². The van der Waals surface area contributed by atoms with Crippen LogP contribution in [0, 0.1) is 0 Å². The predicted molar refractivity (Wildman–Crippen MR) is 98.3 cm³/mol. The van der Waals surface area contributed by atoms with Gasteiger partial charge in [0.25, 0.3) is 11.8 Å². The van der Waals surface area contributed by atoms with Gasteiger partial charge < -0.3 is 9.88 Å². The minimum absolute atomic E-state index is 0.0391. The molecule has 0 saturated carbocycles. The number of rotatable bonds is 5. The average Bonchev–Trinajstić information content (AvgIpc) is 3.17. The first-order valence-electron chi connectivity index (χ1n) is 8.23. The summed E-state index contributed by atoms with van der Waals surface area (Å²) in [5, 5.41) is 3.16. The highest BCUT2D eigenvalue weighted by Crippen LogP contribution is 2.27. The van der Waals surface area contributed by atoms with E-state index < -0.39 is 33.4 Å². The van der Waals surface area contributed by atoms with Crippen molar-refractivity contribution in [2.24, 2.45) is 7.05 Å². The van der Waals surface area contributed by atoms with Crippen LogP contribution in [0.3, 0.4) is 0 Å². The van der Waals surface area contributed by atoms with Gasteiger partial charge in [0, 0.05) is 13.2 Å². The molecule has 1 saturated heterocycles. The topological polar surface area (TPSA) is 130 Å². The third kappa shape index (κ3) is 3.14. The van der Waals surface area contributed by atoms with E-state index in [-0.39, 0.29) is 10.6 Å². The third-order valence-electron chi connectivity index (χ3n) is 4.55. The fourth-order valence-corrected chi connectivity index (χ4v) is 3.69. The van der Waals surface area contributed by atoms with Crippen LogP contribution in [0.5, 0.6) is 0 Å². The van der Waals surface area contributed by atoms with Crippen LogP contribution in [-0.4, -0.2) is 42.9 Å². The molecule has 1 aromatic heterocycles. The first kappa shape index (κ1) is 19.6. The largest absolute Gasteiger partial charge is 0.345 e. The maximum atomic E-state index is 12.8. The number of sulfonamides is 1. The normalized spacial score (nSPS) is 19.6. The number of urea groups is 1. The van der Waals surface area contributed by atoms with E-state index >= 15 is 0 Å². The fraction of sp³-hybridized carbons (Fsp3) is 0.235. The number of carbonyl (C=O) groups excluding carboxylic acids is 3. The Balaban J connectivity index is 1.86. The molecule has 11 heteroatoms. The zero-order chi connectivity index (χ0) is 20.7. The van der Waals surface area contributed by atoms with Gasteiger partial charge in [-0.2, -0.15) is 5.01 Å². The van der Waals surface area contributed by atoms with Gasteiger partial charge in [0.15, 0.2) is 0 Å². The number of hydrazine groups is 1. The Kier molecular flexibility index (Phi) is 4.73. The molecule has 2 aromatic rings. The minimum atomic E-state index is -3.75. The molecule has 1 atom stereocenters. The molecule has 1 aliphatic rings. The van der Waals surface area contributed by atoms with E-state index in [0.29, 0.717) is 10.6 Å². The summed E-state index contributed by atoms with van der Waals surface area (Å²) in [5.41, 5.74) is 1.43. The SMILES string of the molecule is CNS(=O)(=O)c1cc(C(=O)NN2C(=O)NC(C)(c3ccccc3)C2=O)n(C)c1. The van der Waals surface area contributed by atoms with E-state index in [1.165, 1.54) is 31.8 Å². The van der Waals surface area contributed by atoms with Gasteiger partial charge in [-0.25, -0.2) is 17.9 Å². The molecule has 148 valence electrons. The first-order valence-corrected chi connectivity index (χ1v) is 9.71. The van der Waals surface area contributed by atoms with Crippen LogP contribution in [-0.2, 0) is 27.4 Å². The molecule has 2 heterocycles. The Morgan fingerprint density at radius 2 is 1.82 bits per heavy atom. The molecular weight excluding hydrogens is 386 g/mol. The van der Waals surface area contributed by atoms with Crippen molar-refractivity contribution in [1.29, 1.82) is 0 Å².